The van der Waals surface area contributed by atoms with Crippen LogP contribution in [0.3, 0.4) is 0 Å². The molecule has 4 heteroatoms. The van der Waals surface area contributed by atoms with Crippen LogP contribution in [0.1, 0.15) is 30.0 Å². The van der Waals surface area contributed by atoms with Crippen molar-refractivity contribution < 1.29 is 4.90 Å². The molecule has 2 aromatic rings. The lowest BCUT2D eigenvalue weighted by atomic mass is 10.1. The number of aryl methyl sites for hydroxylation is 1. The minimum atomic E-state index is 0.449. The molecular formula is C20H26N3S+. The van der Waals surface area contributed by atoms with Crippen molar-refractivity contribution in [2.75, 3.05) is 25.0 Å². The van der Waals surface area contributed by atoms with Crippen molar-refractivity contribution >= 4 is 23.0 Å². The minimum absolute atomic E-state index is 0.449. The number of hydrogen-bond donors (Lipinski definition) is 3. The molecule has 3 nitrogen and oxygen atoms in total. The molecule has 2 aromatic carbocycles. The molecule has 0 bridgehead atoms. The van der Waals surface area contributed by atoms with Gasteiger partial charge in [-0.25, -0.2) is 0 Å². The van der Waals surface area contributed by atoms with Gasteiger partial charge < -0.3 is 15.5 Å². The molecule has 3 rings (SSSR count). The van der Waals surface area contributed by atoms with Crippen molar-refractivity contribution in [1.29, 1.82) is 0 Å². The van der Waals surface area contributed by atoms with Gasteiger partial charge in [-0.3, -0.25) is 0 Å². The average Bonchev–Trinajstić information content (AvgIpc) is 3.12. The van der Waals surface area contributed by atoms with Crippen molar-refractivity contribution in [3.05, 3.63) is 65.7 Å². The first-order valence-electron chi connectivity index (χ1n) is 8.74. The number of rotatable bonds is 5. The first-order chi connectivity index (χ1) is 11.7. The van der Waals surface area contributed by atoms with Gasteiger partial charge in [-0.1, -0.05) is 48.5 Å². The van der Waals surface area contributed by atoms with Crippen LogP contribution >= 0.6 is 12.2 Å². The van der Waals surface area contributed by atoms with E-state index >= 15 is 0 Å². The standard InChI is InChI=1S/C20H25N3S/c1-16-9-5-6-12-18(16)22-20(24)21-15-19(23-13-7-8-14-23)17-10-3-2-4-11-17/h2-6,9-12,19H,7-8,13-15H2,1H3,(H2,21,22,24)/p+1/t19-/m1/s1. The average molecular weight is 341 g/mol. The van der Waals surface area contributed by atoms with Crippen LogP contribution in [0.2, 0.25) is 0 Å². The molecule has 3 N–H and O–H groups in total. The number of hydrogen-bond acceptors (Lipinski definition) is 1. The molecule has 0 aliphatic carbocycles. The third kappa shape index (κ3) is 4.34. The first kappa shape index (κ1) is 16.9. The van der Waals surface area contributed by atoms with Gasteiger partial charge in [-0.2, -0.15) is 0 Å². The minimum Gasteiger partial charge on any atom is -0.356 e. The second-order valence-electron chi connectivity index (χ2n) is 6.48. The summed E-state index contributed by atoms with van der Waals surface area (Å²) in [5, 5.41) is 7.45. The molecule has 1 atom stereocenters. The van der Waals surface area contributed by atoms with Crippen molar-refractivity contribution in [2.24, 2.45) is 0 Å². The zero-order valence-corrected chi connectivity index (χ0v) is 15.0. The molecule has 1 saturated heterocycles. The Morgan fingerprint density at radius 3 is 2.42 bits per heavy atom. The van der Waals surface area contributed by atoms with Crippen LogP contribution in [-0.4, -0.2) is 24.7 Å². The van der Waals surface area contributed by atoms with Crippen molar-refractivity contribution in [3.63, 3.8) is 0 Å². The Morgan fingerprint density at radius 1 is 1.04 bits per heavy atom. The molecule has 126 valence electrons. The summed E-state index contributed by atoms with van der Waals surface area (Å²) in [6.45, 7) is 5.45. The number of likely N-dealkylation sites (tertiary alicyclic amines) is 1. The van der Waals surface area contributed by atoms with Gasteiger partial charge in [0, 0.05) is 24.1 Å². The molecular weight excluding hydrogens is 314 g/mol. The van der Waals surface area contributed by atoms with E-state index in [2.05, 4.69) is 60.0 Å². The molecule has 1 aliphatic heterocycles. The van der Waals surface area contributed by atoms with Gasteiger partial charge in [0.2, 0.25) is 0 Å². The summed E-state index contributed by atoms with van der Waals surface area (Å²) in [6.07, 6.45) is 2.65. The molecule has 1 aliphatic rings. The lowest BCUT2D eigenvalue weighted by molar-refractivity contribution is -0.918. The quantitative estimate of drug-likeness (QED) is 0.731. The fraction of sp³-hybridized carbons (Fsp3) is 0.350. The fourth-order valence-corrected chi connectivity index (χ4v) is 3.63. The second-order valence-corrected chi connectivity index (χ2v) is 6.89. The van der Waals surface area contributed by atoms with E-state index in [1.807, 2.05) is 12.1 Å². The zero-order valence-electron chi connectivity index (χ0n) is 14.2. The highest BCUT2D eigenvalue weighted by atomic mass is 32.1. The largest absolute Gasteiger partial charge is 0.356 e. The van der Waals surface area contributed by atoms with E-state index in [0.717, 1.165) is 12.2 Å². The second kappa shape index (κ2) is 8.27. The Kier molecular flexibility index (Phi) is 5.83. The molecule has 0 saturated carbocycles. The van der Waals surface area contributed by atoms with E-state index in [9.17, 15) is 0 Å². The molecule has 0 radical (unpaired) electrons. The summed E-state index contributed by atoms with van der Waals surface area (Å²) in [4.78, 5) is 1.66. The van der Waals surface area contributed by atoms with E-state index in [1.54, 1.807) is 4.90 Å². The SMILES string of the molecule is Cc1ccccc1NC(=S)NC[C@H](c1ccccc1)[NH+]1CCCC1. The smallest absolute Gasteiger partial charge is 0.171 e. The molecule has 0 aromatic heterocycles. The van der Waals surface area contributed by atoms with Gasteiger partial charge in [0.25, 0.3) is 0 Å². The highest BCUT2D eigenvalue weighted by Crippen LogP contribution is 2.13. The maximum Gasteiger partial charge on any atom is 0.171 e. The highest BCUT2D eigenvalue weighted by Gasteiger charge is 2.27. The zero-order chi connectivity index (χ0) is 16.8. The van der Waals surface area contributed by atoms with Crippen molar-refractivity contribution in [2.45, 2.75) is 25.8 Å². The normalized spacial score (nSPS) is 15.9. The van der Waals surface area contributed by atoms with Gasteiger partial charge in [-0.15, -0.1) is 0 Å². The van der Waals surface area contributed by atoms with Gasteiger partial charge >= 0.3 is 0 Å². The maximum atomic E-state index is 5.51. The number of nitrogens with one attached hydrogen (secondary N) is 3. The molecule has 24 heavy (non-hydrogen) atoms. The molecule has 0 unspecified atom stereocenters. The summed E-state index contributed by atoms with van der Waals surface area (Å²) in [5.41, 5.74) is 3.66. The third-order valence-electron chi connectivity index (χ3n) is 4.80. The van der Waals surface area contributed by atoms with Crippen LogP contribution in [0.4, 0.5) is 5.69 Å². The highest BCUT2D eigenvalue weighted by molar-refractivity contribution is 7.80. The number of anilines is 1. The number of quaternary nitrogens is 1. The van der Waals surface area contributed by atoms with Gasteiger partial charge in [0.05, 0.1) is 19.6 Å². The van der Waals surface area contributed by atoms with Crippen LogP contribution in [0.15, 0.2) is 54.6 Å². The van der Waals surface area contributed by atoms with Gasteiger partial charge in [-0.05, 0) is 30.8 Å². The van der Waals surface area contributed by atoms with E-state index in [0.29, 0.717) is 11.2 Å². The van der Waals surface area contributed by atoms with Crippen LogP contribution < -0.4 is 15.5 Å². The molecule has 1 heterocycles. The first-order valence-corrected chi connectivity index (χ1v) is 9.15. The van der Waals surface area contributed by atoms with E-state index in [4.69, 9.17) is 12.2 Å². The fourth-order valence-electron chi connectivity index (χ4n) is 3.44. The molecule has 0 amide bonds. The Hall–Kier alpha value is -1.91. The Bertz CT molecular complexity index is 666. The van der Waals surface area contributed by atoms with Crippen molar-refractivity contribution in [3.8, 4) is 0 Å². The Labute approximate surface area is 150 Å². The van der Waals surface area contributed by atoms with Gasteiger partial charge in [0.15, 0.2) is 5.11 Å². The molecule has 0 spiro atoms. The van der Waals surface area contributed by atoms with Crippen LogP contribution in [0.5, 0.6) is 0 Å². The number of thiocarbonyl (C=S) groups is 1. The predicted molar refractivity (Wildman–Crippen MR) is 105 cm³/mol. The summed E-state index contributed by atoms with van der Waals surface area (Å²) >= 11 is 5.51. The Morgan fingerprint density at radius 2 is 1.71 bits per heavy atom. The summed E-state index contributed by atoms with van der Waals surface area (Å²) in [6, 6.07) is 19.5. The summed E-state index contributed by atoms with van der Waals surface area (Å²) < 4.78 is 0. The topological polar surface area (TPSA) is 28.5 Å². The third-order valence-corrected chi connectivity index (χ3v) is 5.05. The maximum absolute atomic E-state index is 5.51. The van der Waals surface area contributed by atoms with Crippen LogP contribution in [-0.2, 0) is 0 Å². The predicted octanol–water partition coefficient (Wildman–Crippen LogP) is 2.70. The monoisotopic (exact) mass is 340 g/mol. The number of para-hydroxylation sites is 1. The van der Waals surface area contributed by atoms with Crippen LogP contribution in [0.25, 0.3) is 0 Å². The van der Waals surface area contributed by atoms with Crippen molar-refractivity contribution in [1.82, 2.24) is 5.32 Å². The summed E-state index contributed by atoms with van der Waals surface area (Å²) in [5.74, 6) is 0. The Balaban J connectivity index is 1.63. The lowest BCUT2D eigenvalue weighted by Gasteiger charge is -2.26. The lowest BCUT2D eigenvalue weighted by Crippen LogP contribution is -3.11. The molecule has 1 fully saturated rings. The van der Waals surface area contributed by atoms with E-state index in [1.165, 1.54) is 37.1 Å². The van der Waals surface area contributed by atoms with Crippen LogP contribution in [0, 0.1) is 6.92 Å². The summed E-state index contributed by atoms with van der Waals surface area (Å²) in [7, 11) is 0. The number of benzene rings is 2. The van der Waals surface area contributed by atoms with E-state index in [-0.39, 0.29) is 0 Å². The van der Waals surface area contributed by atoms with Gasteiger partial charge in [0.1, 0.15) is 6.04 Å². The van der Waals surface area contributed by atoms with E-state index < -0.39 is 0 Å².